The minimum atomic E-state index is -4.07. The second kappa shape index (κ2) is 5.89. The van der Waals surface area contributed by atoms with Crippen molar-refractivity contribution in [2.24, 2.45) is 11.3 Å². The molecule has 0 aromatic rings. The highest BCUT2D eigenvalue weighted by molar-refractivity contribution is 4.76. The summed E-state index contributed by atoms with van der Waals surface area (Å²) >= 11 is 0. The summed E-state index contributed by atoms with van der Waals surface area (Å²) in [6.45, 7) is 10.6. The molecular formula is C12H24F3N. The van der Waals surface area contributed by atoms with Crippen molar-refractivity contribution in [2.45, 2.75) is 59.7 Å². The summed E-state index contributed by atoms with van der Waals surface area (Å²) in [7, 11) is 0. The highest BCUT2D eigenvalue weighted by Gasteiger charge is 2.30. The van der Waals surface area contributed by atoms with Gasteiger partial charge in [0.2, 0.25) is 0 Å². The van der Waals surface area contributed by atoms with Gasteiger partial charge in [-0.1, -0.05) is 27.7 Å². The number of rotatable bonds is 6. The Bertz CT molecular complexity index is 197. The fourth-order valence-corrected chi connectivity index (χ4v) is 2.05. The first-order valence-corrected chi connectivity index (χ1v) is 5.82. The van der Waals surface area contributed by atoms with E-state index in [1.807, 2.05) is 0 Å². The molecule has 0 aliphatic heterocycles. The Kier molecular flexibility index (Phi) is 5.80. The van der Waals surface area contributed by atoms with Gasteiger partial charge in [-0.15, -0.1) is 0 Å². The molecule has 0 saturated carbocycles. The van der Waals surface area contributed by atoms with E-state index >= 15 is 0 Å². The largest absolute Gasteiger partial charge is 0.390 e. The number of alkyl halides is 3. The minimum absolute atomic E-state index is 0.0496. The summed E-state index contributed by atoms with van der Waals surface area (Å²) in [5.74, 6) is 0.565. The molecule has 4 heteroatoms. The molecule has 1 unspecified atom stereocenters. The van der Waals surface area contributed by atoms with Crippen LogP contribution in [0.1, 0.15) is 47.5 Å². The first-order chi connectivity index (χ1) is 7.02. The minimum Gasteiger partial charge on any atom is -0.313 e. The predicted molar refractivity (Wildman–Crippen MR) is 61.4 cm³/mol. The van der Waals surface area contributed by atoms with Crippen molar-refractivity contribution in [3.8, 4) is 0 Å². The topological polar surface area (TPSA) is 12.0 Å². The van der Waals surface area contributed by atoms with Crippen LogP contribution in [0.25, 0.3) is 0 Å². The molecule has 0 saturated heterocycles. The van der Waals surface area contributed by atoms with Gasteiger partial charge in [0.05, 0.1) is 6.42 Å². The van der Waals surface area contributed by atoms with Crippen molar-refractivity contribution in [3.63, 3.8) is 0 Å². The monoisotopic (exact) mass is 239 g/mol. The van der Waals surface area contributed by atoms with Crippen molar-refractivity contribution in [3.05, 3.63) is 0 Å². The standard InChI is InChI=1S/C12H24F3N/c1-9(2)6-11(4,5)8-16-10(3)7-12(13,14)15/h9-10,16H,6-8H2,1-5H3. The van der Waals surface area contributed by atoms with Crippen LogP contribution in [-0.2, 0) is 0 Å². The second-order valence-corrected chi connectivity index (χ2v) is 5.86. The molecule has 0 fully saturated rings. The van der Waals surface area contributed by atoms with Gasteiger partial charge >= 0.3 is 6.18 Å². The zero-order valence-corrected chi connectivity index (χ0v) is 10.9. The van der Waals surface area contributed by atoms with Gasteiger partial charge in [-0.3, -0.25) is 0 Å². The summed E-state index contributed by atoms with van der Waals surface area (Å²) < 4.78 is 36.3. The third kappa shape index (κ3) is 9.01. The van der Waals surface area contributed by atoms with E-state index in [0.29, 0.717) is 12.5 Å². The fourth-order valence-electron chi connectivity index (χ4n) is 2.05. The molecule has 0 bridgehead atoms. The summed E-state index contributed by atoms with van der Waals surface area (Å²) in [4.78, 5) is 0. The van der Waals surface area contributed by atoms with Gasteiger partial charge < -0.3 is 5.32 Å². The second-order valence-electron chi connectivity index (χ2n) is 5.86. The molecule has 1 atom stereocenters. The lowest BCUT2D eigenvalue weighted by atomic mass is 9.84. The van der Waals surface area contributed by atoms with E-state index in [9.17, 15) is 13.2 Å². The molecule has 98 valence electrons. The Balaban J connectivity index is 3.95. The maximum atomic E-state index is 12.1. The van der Waals surface area contributed by atoms with Crippen LogP contribution < -0.4 is 5.32 Å². The Labute approximate surface area is 96.8 Å². The summed E-state index contributed by atoms with van der Waals surface area (Å²) in [6, 6.07) is -0.508. The van der Waals surface area contributed by atoms with Crippen LogP contribution in [0, 0.1) is 11.3 Å². The van der Waals surface area contributed by atoms with Gasteiger partial charge in [0.25, 0.3) is 0 Å². The molecular weight excluding hydrogens is 215 g/mol. The molecule has 0 aliphatic rings. The highest BCUT2D eigenvalue weighted by atomic mass is 19.4. The van der Waals surface area contributed by atoms with E-state index in [4.69, 9.17) is 0 Å². The number of hydrogen-bond acceptors (Lipinski definition) is 1. The van der Waals surface area contributed by atoms with Gasteiger partial charge in [0.1, 0.15) is 0 Å². The maximum Gasteiger partial charge on any atom is 0.390 e. The number of hydrogen-bond donors (Lipinski definition) is 1. The summed E-state index contributed by atoms with van der Waals surface area (Å²) in [5, 5.41) is 2.96. The van der Waals surface area contributed by atoms with Crippen LogP contribution in [0.15, 0.2) is 0 Å². The van der Waals surface area contributed by atoms with Crippen molar-refractivity contribution < 1.29 is 13.2 Å². The zero-order chi connectivity index (χ0) is 13.0. The average Bonchev–Trinajstić information content (AvgIpc) is 1.95. The third-order valence-corrected chi connectivity index (χ3v) is 2.43. The van der Waals surface area contributed by atoms with Crippen molar-refractivity contribution in [1.29, 1.82) is 0 Å². The predicted octanol–water partition coefficient (Wildman–Crippen LogP) is 3.99. The molecule has 0 aliphatic carbocycles. The molecule has 0 amide bonds. The smallest absolute Gasteiger partial charge is 0.313 e. The maximum absolute atomic E-state index is 12.1. The van der Waals surface area contributed by atoms with Gasteiger partial charge in [0.15, 0.2) is 0 Å². The lowest BCUT2D eigenvalue weighted by molar-refractivity contribution is -0.139. The number of halogens is 3. The first-order valence-electron chi connectivity index (χ1n) is 5.82. The Morgan fingerprint density at radius 1 is 1.00 bits per heavy atom. The average molecular weight is 239 g/mol. The quantitative estimate of drug-likeness (QED) is 0.739. The molecule has 16 heavy (non-hydrogen) atoms. The summed E-state index contributed by atoms with van der Waals surface area (Å²) in [5.41, 5.74) is 0.0496. The van der Waals surface area contributed by atoms with Crippen LogP contribution in [0.4, 0.5) is 13.2 Å². The molecule has 0 heterocycles. The van der Waals surface area contributed by atoms with Crippen LogP contribution >= 0.6 is 0 Å². The molecule has 1 nitrogen and oxygen atoms in total. The van der Waals surface area contributed by atoms with Crippen molar-refractivity contribution >= 4 is 0 Å². The molecule has 0 aromatic carbocycles. The lowest BCUT2D eigenvalue weighted by Gasteiger charge is -2.29. The van der Waals surface area contributed by atoms with Crippen LogP contribution in [0.5, 0.6) is 0 Å². The van der Waals surface area contributed by atoms with E-state index < -0.39 is 18.6 Å². The number of nitrogens with one attached hydrogen (secondary N) is 1. The Morgan fingerprint density at radius 3 is 1.88 bits per heavy atom. The SMILES string of the molecule is CC(C)CC(C)(C)CNC(C)CC(F)(F)F. The van der Waals surface area contributed by atoms with Gasteiger partial charge in [0, 0.05) is 12.6 Å². The third-order valence-electron chi connectivity index (χ3n) is 2.43. The highest BCUT2D eigenvalue weighted by Crippen LogP contribution is 2.25. The van der Waals surface area contributed by atoms with Gasteiger partial charge in [-0.05, 0) is 24.7 Å². The van der Waals surface area contributed by atoms with E-state index in [2.05, 4.69) is 33.0 Å². The fraction of sp³-hybridized carbons (Fsp3) is 1.00. The van der Waals surface area contributed by atoms with Crippen LogP contribution in [-0.4, -0.2) is 18.8 Å². The Hall–Kier alpha value is -0.250. The molecule has 1 N–H and O–H groups in total. The van der Waals surface area contributed by atoms with Gasteiger partial charge in [-0.2, -0.15) is 13.2 Å². The normalized spacial score (nSPS) is 15.6. The molecule has 0 radical (unpaired) electrons. The lowest BCUT2D eigenvalue weighted by Crippen LogP contribution is -2.38. The Morgan fingerprint density at radius 2 is 1.50 bits per heavy atom. The van der Waals surface area contributed by atoms with Crippen LogP contribution in [0.3, 0.4) is 0 Å². The molecule has 0 aromatic heterocycles. The van der Waals surface area contributed by atoms with Crippen molar-refractivity contribution in [2.75, 3.05) is 6.54 Å². The van der Waals surface area contributed by atoms with E-state index in [0.717, 1.165) is 6.42 Å². The first kappa shape index (κ1) is 15.8. The van der Waals surface area contributed by atoms with Gasteiger partial charge in [-0.25, -0.2) is 0 Å². The zero-order valence-electron chi connectivity index (χ0n) is 10.9. The van der Waals surface area contributed by atoms with E-state index in [1.54, 1.807) is 6.92 Å². The molecule has 0 spiro atoms. The summed E-state index contributed by atoms with van der Waals surface area (Å²) in [6.07, 6.45) is -3.82. The van der Waals surface area contributed by atoms with E-state index in [-0.39, 0.29) is 5.41 Å². The molecule has 0 rings (SSSR count). The van der Waals surface area contributed by atoms with E-state index in [1.165, 1.54) is 0 Å². The van der Waals surface area contributed by atoms with Crippen molar-refractivity contribution in [1.82, 2.24) is 5.32 Å². The van der Waals surface area contributed by atoms with Crippen LogP contribution in [0.2, 0.25) is 0 Å².